The molecule has 52 valence electrons. The van der Waals surface area contributed by atoms with E-state index in [1.807, 2.05) is 0 Å². The molecule has 9 heavy (non-hydrogen) atoms. The first-order valence-electron chi connectivity index (χ1n) is 3.61. The average molecular weight is 127 g/mol. The van der Waals surface area contributed by atoms with E-state index in [1.165, 1.54) is 12.1 Å². The van der Waals surface area contributed by atoms with Gasteiger partial charge >= 0.3 is 0 Å². The zero-order valence-electron chi connectivity index (χ0n) is 5.89. The fraction of sp³-hybridized carbons (Fsp3) is 0.857. The lowest BCUT2D eigenvalue weighted by Gasteiger charge is -2.09. The van der Waals surface area contributed by atoms with Gasteiger partial charge in [-0.25, -0.2) is 0 Å². The monoisotopic (exact) mass is 127 g/mol. The highest BCUT2D eigenvalue weighted by Gasteiger charge is 2.03. The van der Waals surface area contributed by atoms with E-state index >= 15 is 0 Å². The van der Waals surface area contributed by atoms with Crippen LogP contribution in [0.25, 0.3) is 0 Å². The maximum absolute atomic E-state index is 4.92. The SMILES string of the molecule is CCCC1=NOCCC1. The molecule has 1 aliphatic heterocycles. The highest BCUT2D eigenvalue weighted by molar-refractivity contribution is 5.84. The molecule has 1 heterocycles. The standard InChI is InChI=1S/C7H13NO/c1-2-4-7-5-3-6-9-8-7/h2-6H2,1H3. The largest absolute Gasteiger partial charge is 0.396 e. The molecule has 0 spiro atoms. The van der Waals surface area contributed by atoms with Gasteiger partial charge in [0.05, 0.1) is 5.71 Å². The third-order valence-corrected chi connectivity index (χ3v) is 1.43. The van der Waals surface area contributed by atoms with Crippen LogP contribution >= 0.6 is 0 Å². The Balaban J connectivity index is 2.28. The van der Waals surface area contributed by atoms with Crippen molar-refractivity contribution in [2.75, 3.05) is 6.61 Å². The molecule has 0 saturated heterocycles. The highest BCUT2D eigenvalue weighted by Crippen LogP contribution is 2.06. The molecule has 1 rings (SSSR count). The van der Waals surface area contributed by atoms with Crippen molar-refractivity contribution in [3.05, 3.63) is 0 Å². The lowest BCUT2D eigenvalue weighted by atomic mass is 10.1. The van der Waals surface area contributed by atoms with Gasteiger partial charge in [-0.2, -0.15) is 0 Å². The van der Waals surface area contributed by atoms with Crippen molar-refractivity contribution in [2.24, 2.45) is 5.16 Å². The number of rotatable bonds is 2. The van der Waals surface area contributed by atoms with E-state index < -0.39 is 0 Å². The maximum Gasteiger partial charge on any atom is 0.117 e. The van der Waals surface area contributed by atoms with E-state index in [-0.39, 0.29) is 0 Å². The van der Waals surface area contributed by atoms with Gasteiger partial charge in [-0.1, -0.05) is 18.5 Å². The second kappa shape index (κ2) is 3.49. The Bertz CT molecular complexity index is 109. The molecule has 0 radical (unpaired) electrons. The smallest absolute Gasteiger partial charge is 0.117 e. The summed E-state index contributed by atoms with van der Waals surface area (Å²) in [6.07, 6.45) is 4.59. The first-order chi connectivity index (χ1) is 4.43. The summed E-state index contributed by atoms with van der Waals surface area (Å²) in [6, 6.07) is 0. The van der Waals surface area contributed by atoms with Crippen LogP contribution in [0.4, 0.5) is 0 Å². The number of hydrogen-bond acceptors (Lipinski definition) is 2. The summed E-state index contributed by atoms with van der Waals surface area (Å²) in [5.41, 5.74) is 1.24. The highest BCUT2D eigenvalue weighted by atomic mass is 16.6. The summed E-state index contributed by atoms with van der Waals surface area (Å²) in [6.45, 7) is 2.98. The lowest BCUT2D eigenvalue weighted by Crippen LogP contribution is -2.07. The van der Waals surface area contributed by atoms with E-state index in [0.29, 0.717) is 0 Å². The Morgan fingerprint density at radius 2 is 2.56 bits per heavy atom. The zero-order chi connectivity index (χ0) is 6.53. The fourth-order valence-corrected chi connectivity index (χ4v) is 0.983. The van der Waals surface area contributed by atoms with E-state index in [9.17, 15) is 0 Å². The molecule has 0 saturated carbocycles. The second-order valence-corrected chi connectivity index (χ2v) is 2.34. The molecule has 2 nitrogen and oxygen atoms in total. The molecule has 0 bridgehead atoms. The van der Waals surface area contributed by atoms with Gasteiger partial charge in [-0.15, -0.1) is 0 Å². The van der Waals surface area contributed by atoms with Gasteiger partial charge < -0.3 is 4.84 Å². The first kappa shape index (κ1) is 6.59. The normalized spacial score (nSPS) is 18.6. The topological polar surface area (TPSA) is 21.6 Å². The quantitative estimate of drug-likeness (QED) is 0.555. The van der Waals surface area contributed by atoms with Crippen LogP contribution < -0.4 is 0 Å². The van der Waals surface area contributed by atoms with Crippen molar-refractivity contribution in [1.82, 2.24) is 0 Å². The number of nitrogens with zero attached hydrogens (tertiary/aromatic N) is 1. The summed E-state index contributed by atoms with van der Waals surface area (Å²) >= 11 is 0. The molecule has 0 N–H and O–H groups in total. The lowest BCUT2D eigenvalue weighted by molar-refractivity contribution is 0.130. The number of hydrogen-bond donors (Lipinski definition) is 0. The minimum Gasteiger partial charge on any atom is -0.396 e. The van der Waals surface area contributed by atoms with Crippen LogP contribution in [0.5, 0.6) is 0 Å². The van der Waals surface area contributed by atoms with Crippen molar-refractivity contribution >= 4 is 5.71 Å². The van der Waals surface area contributed by atoms with E-state index in [0.717, 1.165) is 25.9 Å². The third-order valence-electron chi connectivity index (χ3n) is 1.43. The third kappa shape index (κ3) is 2.04. The maximum atomic E-state index is 4.92. The first-order valence-corrected chi connectivity index (χ1v) is 3.61. The molecule has 0 aliphatic carbocycles. The van der Waals surface area contributed by atoms with Crippen LogP contribution in [-0.4, -0.2) is 12.3 Å². The fourth-order valence-electron chi connectivity index (χ4n) is 0.983. The van der Waals surface area contributed by atoms with Crippen LogP contribution in [0.1, 0.15) is 32.6 Å². The second-order valence-electron chi connectivity index (χ2n) is 2.34. The summed E-state index contributed by atoms with van der Waals surface area (Å²) < 4.78 is 0. The van der Waals surface area contributed by atoms with Crippen LogP contribution in [-0.2, 0) is 4.84 Å². The van der Waals surface area contributed by atoms with Crippen molar-refractivity contribution in [3.8, 4) is 0 Å². The Kier molecular flexibility index (Phi) is 2.55. The van der Waals surface area contributed by atoms with Gasteiger partial charge in [-0.05, 0) is 19.3 Å². The molecule has 0 aromatic heterocycles. The van der Waals surface area contributed by atoms with Crippen LogP contribution in [0, 0.1) is 0 Å². The van der Waals surface area contributed by atoms with Crippen LogP contribution in [0.15, 0.2) is 5.16 Å². The van der Waals surface area contributed by atoms with Crippen molar-refractivity contribution < 1.29 is 4.84 Å². The summed E-state index contributed by atoms with van der Waals surface area (Å²) in [5, 5.41) is 3.94. The summed E-state index contributed by atoms with van der Waals surface area (Å²) in [5.74, 6) is 0. The summed E-state index contributed by atoms with van der Waals surface area (Å²) in [7, 11) is 0. The number of oxime groups is 1. The molecule has 2 heteroatoms. The minimum atomic E-state index is 0.813. The Hall–Kier alpha value is -0.530. The molecule has 0 unspecified atom stereocenters. The zero-order valence-corrected chi connectivity index (χ0v) is 5.89. The van der Waals surface area contributed by atoms with Gasteiger partial charge in [0.2, 0.25) is 0 Å². The van der Waals surface area contributed by atoms with Gasteiger partial charge in [0.1, 0.15) is 6.61 Å². The van der Waals surface area contributed by atoms with E-state index in [1.54, 1.807) is 0 Å². The van der Waals surface area contributed by atoms with E-state index in [2.05, 4.69) is 12.1 Å². The van der Waals surface area contributed by atoms with Gasteiger partial charge in [-0.3, -0.25) is 0 Å². The predicted molar refractivity (Wildman–Crippen MR) is 37.5 cm³/mol. The molecule has 0 aromatic rings. The van der Waals surface area contributed by atoms with Crippen LogP contribution in [0.2, 0.25) is 0 Å². The van der Waals surface area contributed by atoms with Gasteiger partial charge in [0.15, 0.2) is 0 Å². The van der Waals surface area contributed by atoms with Crippen molar-refractivity contribution in [1.29, 1.82) is 0 Å². The Morgan fingerprint density at radius 3 is 3.11 bits per heavy atom. The van der Waals surface area contributed by atoms with Gasteiger partial charge in [0, 0.05) is 0 Å². The van der Waals surface area contributed by atoms with E-state index in [4.69, 9.17) is 4.84 Å². The molecular weight excluding hydrogens is 114 g/mol. The molecule has 1 aliphatic rings. The summed E-state index contributed by atoms with van der Waals surface area (Å²) in [4.78, 5) is 4.92. The average Bonchev–Trinajstić information content (AvgIpc) is 1.91. The van der Waals surface area contributed by atoms with Crippen molar-refractivity contribution in [3.63, 3.8) is 0 Å². The van der Waals surface area contributed by atoms with Crippen molar-refractivity contribution in [2.45, 2.75) is 32.6 Å². The molecule has 0 amide bonds. The predicted octanol–water partition coefficient (Wildman–Crippen LogP) is 1.95. The Morgan fingerprint density at radius 1 is 1.67 bits per heavy atom. The van der Waals surface area contributed by atoms with Crippen LogP contribution in [0.3, 0.4) is 0 Å². The molecular formula is C7H13NO. The Labute approximate surface area is 55.9 Å². The minimum absolute atomic E-state index is 0.813. The molecule has 0 atom stereocenters. The van der Waals surface area contributed by atoms with Gasteiger partial charge in [0.25, 0.3) is 0 Å². The molecule has 0 aromatic carbocycles. The molecule has 0 fully saturated rings.